The number of carboxylic acids is 1. The highest BCUT2D eigenvalue weighted by molar-refractivity contribution is 5.87. The molecule has 1 N–H and O–H groups in total. The van der Waals surface area contributed by atoms with Crippen LogP contribution in [0.4, 0.5) is 0 Å². The Balaban J connectivity index is 1.74. The third-order valence-corrected chi connectivity index (χ3v) is 5.14. The summed E-state index contributed by atoms with van der Waals surface area (Å²) in [6, 6.07) is 7.59. The highest BCUT2D eigenvalue weighted by Gasteiger charge is 2.38. The molecule has 1 saturated heterocycles. The van der Waals surface area contributed by atoms with Crippen LogP contribution in [0.15, 0.2) is 24.3 Å². The first-order valence-electron chi connectivity index (χ1n) is 8.36. The third-order valence-electron chi connectivity index (χ3n) is 5.14. The van der Waals surface area contributed by atoms with Crippen molar-refractivity contribution < 1.29 is 19.4 Å². The lowest BCUT2D eigenvalue weighted by molar-refractivity contribution is -0.0608. The Morgan fingerprint density at radius 2 is 2.30 bits per heavy atom. The van der Waals surface area contributed by atoms with Crippen LogP contribution in [0.3, 0.4) is 0 Å². The largest absolute Gasteiger partial charge is 0.478 e. The Morgan fingerprint density at radius 1 is 1.43 bits per heavy atom. The topological polar surface area (TPSA) is 59.0 Å². The molecule has 0 aromatic heterocycles. The summed E-state index contributed by atoms with van der Waals surface area (Å²) < 4.78 is 11.4. The molecule has 5 heteroatoms. The molecule has 23 heavy (non-hydrogen) atoms. The summed E-state index contributed by atoms with van der Waals surface area (Å²) in [5.41, 5.74) is 1.40. The lowest BCUT2D eigenvalue weighted by atomic mass is 9.93. The zero-order valence-electron chi connectivity index (χ0n) is 13.6. The van der Waals surface area contributed by atoms with Gasteiger partial charge in [-0.1, -0.05) is 18.6 Å². The molecular weight excluding hydrogens is 294 g/mol. The fourth-order valence-electron chi connectivity index (χ4n) is 3.97. The average molecular weight is 319 g/mol. The SMILES string of the molecule is COC1CCCC1C1COCCN1Cc1cccc(C(=O)O)c1. The molecule has 2 fully saturated rings. The number of methoxy groups -OCH3 is 1. The summed E-state index contributed by atoms with van der Waals surface area (Å²) in [5, 5.41) is 9.16. The monoisotopic (exact) mass is 319 g/mol. The number of benzene rings is 1. The van der Waals surface area contributed by atoms with E-state index in [1.165, 1.54) is 12.8 Å². The number of hydrogen-bond acceptors (Lipinski definition) is 4. The van der Waals surface area contributed by atoms with Gasteiger partial charge in [0.05, 0.1) is 24.9 Å². The molecule has 3 atom stereocenters. The average Bonchev–Trinajstić information content (AvgIpc) is 3.04. The van der Waals surface area contributed by atoms with Gasteiger partial charge in [0.2, 0.25) is 0 Å². The maximum Gasteiger partial charge on any atom is 0.335 e. The number of carbonyl (C=O) groups is 1. The van der Waals surface area contributed by atoms with Crippen LogP contribution in [0.2, 0.25) is 0 Å². The summed E-state index contributed by atoms with van der Waals surface area (Å²) in [4.78, 5) is 13.6. The Kier molecular flexibility index (Phi) is 5.30. The van der Waals surface area contributed by atoms with E-state index in [-0.39, 0.29) is 0 Å². The number of morpholine rings is 1. The normalized spacial score (nSPS) is 28.8. The van der Waals surface area contributed by atoms with Crippen molar-refractivity contribution in [3.05, 3.63) is 35.4 Å². The minimum atomic E-state index is -0.874. The lowest BCUT2D eigenvalue weighted by Gasteiger charge is -2.40. The van der Waals surface area contributed by atoms with E-state index in [9.17, 15) is 4.79 Å². The molecule has 2 aliphatic rings. The van der Waals surface area contributed by atoms with Gasteiger partial charge >= 0.3 is 5.97 Å². The van der Waals surface area contributed by atoms with Crippen LogP contribution in [0.5, 0.6) is 0 Å². The van der Waals surface area contributed by atoms with Gasteiger partial charge in [-0.05, 0) is 30.5 Å². The summed E-state index contributed by atoms with van der Waals surface area (Å²) in [5.74, 6) is -0.372. The molecule has 3 unspecified atom stereocenters. The first-order chi connectivity index (χ1) is 11.2. The van der Waals surface area contributed by atoms with Crippen molar-refractivity contribution in [2.75, 3.05) is 26.9 Å². The quantitative estimate of drug-likeness (QED) is 0.903. The molecule has 126 valence electrons. The van der Waals surface area contributed by atoms with E-state index >= 15 is 0 Å². The van der Waals surface area contributed by atoms with E-state index in [0.29, 0.717) is 23.6 Å². The number of rotatable bonds is 5. The maximum atomic E-state index is 11.2. The number of carboxylic acid groups (broad SMARTS) is 1. The number of aromatic carboxylic acids is 1. The van der Waals surface area contributed by atoms with Gasteiger partial charge in [0.25, 0.3) is 0 Å². The minimum Gasteiger partial charge on any atom is -0.478 e. The van der Waals surface area contributed by atoms with E-state index in [4.69, 9.17) is 14.6 Å². The lowest BCUT2D eigenvalue weighted by Crippen LogP contribution is -2.50. The van der Waals surface area contributed by atoms with Crippen LogP contribution >= 0.6 is 0 Å². The van der Waals surface area contributed by atoms with E-state index in [0.717, 1.165) is 38.3 Å². The van der Waals surface area contributed by atoms with Crippen molar-refractivity contribution in [3.8, 4) is 0 Å². The second-order valence-electron chi connectivity index (χ2n) is 6.49. The molecule has 0 spiro atoms. The number of nitrogens with zero attached hydrogens (tertiary/aromatic N) is 1. The summed E-state index contributed by atoms with van der Waals surface area (Å²) in [7, 11) is 1.80. The standard InChI is InChI=1S/C18H25NO4/c1-22-17-7-3-6-15(17)16-12-23-9-8-19(16)11-13-4-2-5-14(10-13)18(20)21/h2,4-5,10,15-17H,3,6-9,11-12H2,1H3,(H,20,21). The molecule has 1 heterocycles. The molecule has 5 nitrogen and oxygen atoms in total. The number of ether oxygens (including phenoxy) is 2. The van der Waals surface area contributed by atoms with Gasteiger partial charge in [-0.3, -0.25) is 4.90 Å². The minimum absolute atomic E-state index is 0.314. The Labute approximate surface area is 137 Å². The van der Waals surface area contributed by atoms with E-state index < -0.39 is 5.97 Å². The highest BCUT2D eigenvalue weighted by Crippen LogP contribution is 2.34. The fourth-order valence-corrected chi connectivity index (χ4v) is 3.97. The Bertz CT molecular complexity index is 548. The van der Waals surface area contributed by atoms with Crippen molar-refractivity contribution in [2.24, 2.45) is 5.92 Å². The van der Waals surface area contributed by atoms with Gasteiger partial charge < -0.3 is 14.6 Å². The molecule has 0 amide bonds. The first-order valence-corrected chi connectivity index (χ1v) is 8.36. The molecule has 1 aromatic rings. The van der Waals surface area contributed by atoms with Crippen LogP contribution < -0.4 is 0 Å². The molecule has 1 aliphatic carbocycles. The maximum absolute atomic E-state index is 11.2. The van der Waals surface area contributed by atoms with Gasteiger partial charge in [-0.2, -0.15) is 0 Å². The predicted molar refractivity (Wildman–Crippen MR) is 86.6 cm³/mol. The summed E-state index contributed by atoms with van der Waals surface area (Å²) >= 11 is 0. The van der Waals surface area contributed by atoms with Crippen molar-refractivity contribution in [1.82, 2.24) is 4.90 Å². The van der Waals surface area contributed by atoms with Crippen molar-refractivity contribution in [3.63, 3.8) is 0 Å². The van der Waals surface area contributed by atoms with E-state index in [1.807, 2.05) is 12.1 Å². The first kappa shape index (κ1) is 16.4. The summed E-state index contributed by atoms with van der Waals surface area (Å²) in [6.07, 6.45) is 3.83. The molecule has 1 aromatic carbocycles. The Hall–Kier alpha value is -1.43. The third kappa shape index (κ3) is 3.74. The van der Waals surface area contributed by atoms with Gasteiger partial charge in [-0.15, -0.1) is 0 Å². The van der Waals surface area contributed by atoms with Gasteiger partial charge in [0.15, 0.2) is 0 Å². The fraction of sp³-hybridized carbons (Fsp3) is 0.611. The summed E-state index contributed by atoms with van der Waals surface area (Å²) in [6.45, 7) is 3.12. The van der Waals surface area contributed by atoms with Crippen LogP contribution in [-0.2, 0) is 16.0 Å². The molecule has 1 saturated carbocycles. The molecule has 1 aliphatic heterocycles. The van der Waals surface area contributed by atoms with Crippen molar-refractivity contribution in [2.45, 2.75) is 38.0 Å². The predicted octanol–water partition coefficient (Wildman–Crippen LogP) is 2.40. The number of hydrogen-bond donors (Lipinski definition) is 1. The smallest absolute Gasteiger partial charge is 0.335 e. The molecule has 0 bridgehead atoms. The van der Waals surface area contributed by atoms with Crippen LogP contribution in [0, 0.1) is 5.92 Å². The highest BCUT2D eigenvalue weighted by atomic mass is 16.5. The van der Waals surface area contributed by atoms with E-state index in [2.05, 4.69) is 4.90 Å². The van der Waals surface area contributed by atoms with Crippen molar-refractivity contribution >= 4 is 5.97 Å². The van der Waals surface area contributed by atoms with Gasteiger partial charge in [0.1, 0.15) is 0 Å². The van der Waals surface area contributed by atoms with Crippen LogP contribution in [-0.4, -0.2) is 55.0 Å². The Morgan fingerprint density at radius 3 is 3.09 bits per heavy atom. The molecular formula is C18H25NO4. The molecule has 3 rings (SSSR count). The zero-order valence-corrected chi connectivity index (χ0v) is 13.6. The van der Waals surface area contributed by atoms with Crippen LogP contribution in [0.25, 0.3) is 0 Å². The van der Waals surface area contributed by atoms with Gasteiger partial charge in [-0.25, -0.2) is 4.79 Å². The van der Waals surface area contributed by atoms with Crippen LogP contribution in [0.1, 0.15) is 35.2 Å². The second-order valence-corrected chi connectivity index (χ2v) is 6.49. The van der Waals surface area contributed by atoms with Crippen molar-refractivity contribution in [1.29, 1.82) is 0 Å². The second kappa shape index (κ2) is 7.43. The zero-order chi connectivity index (χ0) is 16.2. The van der Waals surface area contributed by atoms with E-state index in [1.54, 1.807) is 19.2 Å². The van der Waals surface area contributed by atoms with Gasteiger partial charge in [0, 0.05) is 32.2 Å². The molecule has 0 radical (unpaired) electrons.